The first kappa shape index (κ1) is 11.3. The van der Waals surface area contributed by atoms with Crippen LogP contribution in [-0.2, 0) is 0 Å². The molecule has 0 aromatic carbocycles. The maximum Gasteiger partial charge on any atom is 0.0128 e. The Kier molecular flexibility index (Phi) is 4.08. The molecule has 1 nitrogen and oxygen atoms in total. The summed E-state index contributed by atoms with van der Waals surface area (Å²) in [6, 6.07) is 0. The molecule has 70 valence electrons. The van der Waals surface area contributed by atoms with E-state index in [4.69, 9.17) is 0 Å². The Bertz CT molecular complexity index is 215. The quantitative estimate of drug-likeness (QED) is 0.571. The maximum atomic E-state index is 2.18. The van der Waals surface area contributed by atoms with Gasteiger partial charge in [-0.05, 0) is 45.8 Å². The summed E-state index contributed by atoms with van der Waals surface area (Å²) < 4.78 is 0. The number of hydrogen-bond donors (Lipinski definition) is 0. The summed E-state index contributed by atoms with van der Waals surface area (Å²) >= 11 is 0. The van der Waals surface area contributed by atoms with Crippen molar-refractivity contribution in [3.8, 4) is 0 Å². The van der Waals surface area contributed by atoms with E-state index < -0.39 is 0 Å². The molecule has 0 radical (unpaired) electrons. The van der Waals surface area contributed by atoms with Gasteiger partial charge in [-0.25, -0.2) is 0 Å². The van der Waals surface area contributed by atoms with Crippen molar-refractivity contribution in [2.24, 2.45) is 0 Å². The van der Waals surface area contributed by atoms with Crippen LogP contribution in [0.5, 0.6) is 0 Å². The van der Waals surface area contributed by atoms with Crippen molar-refractivity contribution in [3.63, 3.8) is 0 Å². The summed E-state index contributed by atoms with van der Waals surface area (Å²) in [5, 5.41) is 0. The van der Waals surface area contributed by atoms with E-state index in [0.29, 0.717) is 0 Å². The lowest BCUT2D eigenvalue weighted by atomic mass is 10.0. The molecule has 0 saturated carbocycles. The highest BCUT2D eigenvalue weighted by Crippen LogP contribution is 2.17. The zero-order valence-electron chi connectivity index (χ0n) is 9.45. The molecule has 1 heteroatoms. The van der Waals surface area contributed by atoms with Gasteiger partial charge in [0.05, 0.1) is 0 Å². The standard InChI is InChI=1S/C11H21N/c1-8(2)9(3)10(4)11(5)12(6)7/h1-7H3. The molecule has 0 aliphatic carbocycles. The van der Waals surface area contributed by atoms with Gasteiger partial charge in [-0.2, -0.15) is 0 Å². The van der Waals surface area contributed by atoms with Crippen LogP contribution in [0.1, 0.15) is 34.6 Å². The highest BCUT2D eigenvalue weighted by Gasteiger charge is 2.01. The van der Waals surface area contributed by atoms with E-state index in [2.05, 4.69) is 53.6 Å². The minimum atomic E-state index is 1.34. The van der Waals surface area contributed by atoms with Gasteiger partial charge in [0.15, 0.2) is 0 Å². The summed E-state index contributed by atoms with van der Waals surface area (Å²) in [7, 11) is 4.16. The van der Waals surface area contributed by atoms with Crippen LogP contribution in [-0.4, -0.2) is 19.0 Å². The third-order valence-corrected chi connectivity index (χ3v) is 2.53. The normalized spacial score (nSPS) is 12.2. The lowest BCUT2D eigenvalue weighted by Gasteiger charge is -2.17. The van der Waals surface area contributed by atoms with Crippen LogP contribution in [0.25, 0.3) is 0 Å². The van der Waals surface area contributed by atoms with Crippen LogP contribution >= 0.6 is 0 Å². The first-order valence-electron chi connectivity index (χ1n) is 4.37. The molecule has 0 spiro atoms. The summed E-state index contributed by atoms with van der Waals surface area (Å²) in [5.74, 6) is 0. The van der Waals surface area contributed by atoms with Crippen LogP contribution in [0.4, 0.5) is 0 Å². The Morgan fingerprint density at radius 2 is 1.17 bits per heavy atom. The minimum Gasteiger partial charge on any atom is -0.381 e. The van der Waals surface area contributed by atoms with E-state index in [-0.39, 0.29) is 0 Å². The second kappa shape index (κ2) is 4.34. The van der Waals surface area contributed by atoms with Crippen LogP contribution in [0.2, 0.25) is 0 Å². The second-order valence-electron chi connectivity index (χ2n) is 3.73. The SMILES string of the molecule is CC(C)=C(C)C(C)=C(C)N(C)C. The zero-order chi connectivity index (χ0) is 9.89. The second-order valence-corrected chi connectivity index (χ2v) is 3.73. The van der Waals surface area contributed by atoms with Crippen LogP contribution in [0.3, 0.4) is 0 Å². The molecule has 0 N–H and O–H groups in total. The molecule has 0 amide bonds. The first-order valence-corrected chi connectivity index (χ1v) is 4.37. The molecular weight excluding hydrogens is 146 g/mol. The van der Waals surface area contributed by atoms with E-state index in [9.17, 15) is 0 Å². The van der Waals surface area contributed by atoms with Crippen molar-refractivity contribution in [1.82, 2.24) is 4.90 Å². The van der Waals surface area contributed by atoms with E-state index in [1.165, 1.54) is 22.4 Å². The van der Waals surface area contributed by atoms with Crippen molar-refractivity contribution < 1.29 is 0 Å². The van der Waals surface area contributed by atoms with Gasteiger partial charge in [0, 0.05) is 19.8 Å². The Morgan fingerprint density at radius 1 is 0.750 bits per heavy atom. The predicted octanol–water partition coefficient (Wildman–Crippen LogP) is 3.20. The van der Waals surface area contributed by atoms with Gasteiger partial charge in [0.2, 0.25) is 0 Å². The Labute approximate surface area is 76.8 Å². The summed E-state index contributed by atoms with van der Waals surface area (Å²) in [6.07, 6.45) is 0. The van der Waals surface area contributed by atoms with Crippen molar-refractivity contribution in [1.29, 1.82) is 0 Å². The molecule has 0 unspecified atom stereocenters. The van der Waals surface area contributed by atoms with Crippen LogP contribution in [0.15, 0.2) is 22.4 Å². The van der Waals surface area contributed by atoms with Gasteiger partial charge < -0.3 is 4.90 Å². The van der Waals surface area contributed by atoms with Crippen molar-refractivity contribution in [2.75, 3.05) is 14.1 Å². The van der Waals surface area contributed by atoms with E-state index in [1.807, 2.05) is 0 Å². The average Bonchev–Trinajstić information content (AvgIpc) is 2.00. The highest BCUT2D eigenvalue weighted by atomic mass is 15.1. The predicted molar refractivity (Wildman–Crippen MR) is 56.1 cm³/mol. The lowest BCUT2D eigenvalue weighted by molar-refractivity contribution is 0.508. The van der Waals surface area contributed by atoms with Crippen molar-refractivity contribution in [2.45, 2.75) is 34.6 Å². The van der Waals surface area contributed by atoms with Crippen molar-refractivity contribution >= 4 is 0 Å². The van der Waals surface area contributed by atoms with E-state index >= 15 is 0 Å². The third-order valence-electron chi connectivity index (χ3n) is 2.53. The molecule has 12 heavy (non-hydrogen) atoms. The number of hydrogen-bond acceptors (Lipinski definition) is 1. The molecule has 0 rings (SSSR count). The molecular formula is C11H21N. The topological polar surface area (TPSA) is 3.24 Å². The minimum absolute atomic E-state index is 1.34. The Hall–Kier alpha value is -0.720. The molecule has 0 atom stereocenters. The molecule has 0 bridgehead atoms. The fraction of sp³-hybridized carbons (Fsp3) is 0.636. The maximum absolute atomic E-state index is 2.18. The largest absolute Gasteiger partial charge is 0.381 e. The van der Waals surface area contributed by atoms with Crippen molar-refractivity contribution in [3.05, 3.63) is 22.4 Å². The fourth-order valence-corrected chi connectivity index (χ4v) is 0.982. The Morgan fingerprint density at radius 3 is 1.42 bits per heavy atom. The molecule has 0 fully saturated rings. The number of allylic oxidation sites excluding steroid dienone is 4. The third kappa shape index (κ3) is 2.72. The molecule has 0 aliphatic rings. The number of nitrogens with zero attached hydrogens (tertiary/aromatic N) is 1. The Balaban J connectivity index is 4.93. The lowest BCUT2D eigenvalue weighted by Crippen LogP contribution is -2.10. The zero-order valence-corrected chi connectivity index (χ0v) is 9.45. The molecule has 0 aliphatic heterocycles. The summed E-state index contributed by atoms with van der Waals surface area (Å²) in [4.78, 5) is 2.15. The molecule has 0 aromatic rings. The molecule has 0 saturated heterocycles. The van der Waals surface area contributed by atoms with Gasteiger partial charge in [0.1, 0.15) is 0 Å². The molecule has 0 heterocycles. The van der Waals surface area contributed by atoms with Gasteiger partial charge in [-0.3, -0.25) is 0 Å². The van der Waals surface area contributed by atoms with Gasteiger partial charge in [-0.1, -0.05) is 5.57 Å². The van der Waals surface area contributed by atoms with Crippen LogP contribution in [0, 0.1) is 0 Å². The first-order chi connectivity index (χ1) is 5.37. The van der Waals surface area contributed by atoms with Gasteiger partial charge in [-0.15, -0.1) is 0 Å². The monoisotopic (exact) mass is 167 g/mol. The number of rotatable bonds is 2. The smallest absolute Gasteiger partial charge is 0.0128 e. The summed E-state index contributed by atoms with van der Waals surface area (Å²) in [6.45, 7) is 10.8. The van der Waals surface area contributed by atoms with Gasteiger partial charge in [0.25, 0.3) is 0 Å². The van der Waals surface area contributed by atoms with Crippen LogP contribution < -0.4 is 0 Å². The summed E-state index contributed by atoms with van der Waals surface area (Å²) in [5.41, 5.74) is 5.53. The van der Waals surface area contributed by atoms with E-state index in [0.717, 1.165) is 0 Å². The van der Waals surface area contributed by atoms with Gasteiger partial charge >= 0.3 is 0 Å². The highest BCUT2D eigenvalue weighted by molar-refractivity contribution is 5.33. The molecule has 0 aromatic heterocycles. The fourth-order valence-electron chi connectivity index (χ4n) is 0.982. The van der Waals surface area contributed by atoms with E-state index in [1.54, 1.807) is 0 Å². The average molecular weight is 167 g/mol.